The molecule has 1 aliphatic carbocycles. The molecule has 4 heteroatoms. The predicted octanol–water partition coefficient (Wildman–Crippen LogP) is 3.91. The van der Waals surface area contributed by atoms with Crippen molar-refractivity contribution < 1.29 is 14.3 Å². The van der Waals surface area contributed by atoms with E-state index >= 15 is 0 Å². The molecule has 0 radical (unpaired) electrons. The Hall–Kier alpha value is -0.193. The monoisotopic (exact) mass is 300 g/mol. The number of aliphatic hydroxyl groups excluding tert-OH is 1. The Labute approximate surface area is 125 Å². The Morgan fingerprint density at radius 3 is 2.20 bits per heavy atom. The normalized spacial score (nSPS) is 28.9. The second-order valence-electron chi connectivity index (χ2n) is 8.25. The van der Waals surface area contributed by atoms with Gasteiger partial charge in [0.1, 0.15) is 6.10 Å². The number of ketones is 1. The molecule has 1 N–H and O–H groups in total. The second-order valence-corrected chi connectivity index (χ2v) is 13.0. The zero-order chi connectivity index (χ0) is 15.8. The third kappa shape index (κ3) is 3.71. The van der Waals surface area contributed by atoms with Gasteiger partial charge in [-0.3, -0.25) is 4.79 Å². The van der Waals surface area contributed by atoms with Gasteiger partial charge in [-0.05, 0) is 31.0 Å². The Morgan fingerprint density at radius 2 is 1.70 bits per heavy atom. The van der Waals surface area contributed by atoms with Gasteiger partial charge in [0.15, 0.2) is 14.1 Å². The van der Waals surface area contributed by atoms with Crippen molar-refractivity contribution in [3.05, 3.63) is 0 Å². The zero-order valence-corrected chi connectivity index (χ0v) is 15.2. The molecule has 0 aromatic carbocycles. The fourth-order valence-electron chi connectivity index (χ4n) is 2.49. The Morgan fingerprint density at radius 1 is 1.20 bits per heavy atom. The number of Topliss-reactive ketones (excluding diaryl/α,β-unsaturated/α-hetero) is 1. The van der Waals surface area contributed by atoms with E-state index in [0.717, 1.165) is 19.3 Å². The SMILES string of the molecule is CC1(C)C(=O)[C@H](O)CCCC[C@H]1O[Si](C)(C)C(C)(C)C. The Bertz CT molecular complexity index is 355. The number of hydrogen-bond acceptors (Lipinski definition) is 3. The average molecular weight is 301 g/mol. The summed E-state index contributed by atoms with van der Waals surface area (Å²) in [5.74, 6) is -0.0547. The minimum atomic E-state index is -1.91. The highest BCUT2D eigenvalue weighted by Crippen LogP contribution is 2.42. The fourth-order valence-corrected chi connectivity index (χ4v) is 3.96. The maximum Gasteiger partial charge on any atom is 0.192 e. The lowest BCUT2D eigenvalue weighted by Gasteiger charge is -2.45. The summed E-state index contributed by atoms with van der Waals surface area (Å²) in [5.41, 5.74) is -0.602. The molecule has 3 nitrogen and oxygen atoms in total. The fraction of sp³-hybridized carbons (Fsp3) is 0.938. The van der Waals surface area contributed by atoms with Gasteiger partial charge in [0.05, 0.1) is 11.5 Å². The topological polar surface area (TPSA) is 46.5 Å². The quantitative estimate of drug-likeness (QED) is 0.787. The molecule has 1 saturated carbocycles. The summed E-state index contributed by atoms with van der Waals surface area (Å²) < 4.78 is 6.52. The number of rotatable bonds is 2. The lowest BCUT2D eigenvalue weighted by Crippen LogP contribution is -2.52. The van der Waals surface area contributed by atoms with Crippen LogP contribution in [0, 0.1) is 5.41 Å². The van der Waals surface area contributed by atoms with Crippen LogP contribution >= 0.6 is 0 Å². The molecule has 2 atom stereocenters. The highest BCUT2D eigenvalue weighted by atomic mass is 28.4. The van der Waals surface area contributed by atoms with E-state index in [0.29, 0.717) is 6.42 Å². The Balaban J connectivity index is 2.98. The predicted molar refractivity (Wildman–Crippen MR) is 85.3 cm³/mol. The summed E-state index contributed by atoms with van der Waals surface area (Å²) in [6, 6.07) is 0. The highest BCUT2D eigenvalue weighted by molar-refractivity contribution is 6.74. The first-order valence-corrected chi connectivity index (χ1v) is 10.7. The summed E-state index contributed by atoms with van der Waals surface area (Å²) in [5, 5.41) is 10.1. The van der Waals surface area contributed by atoms with E-state index in [1.54, 1.807) is 0 Å². The standard InChI is InChI=1S/C16H32O3Si/c1-15(2,3)20(6,7)19-13-11-9-8-10-12(17)14(18)16(13,4)5/h12-13,17H,8-11H2,1-7H3/t12-,13-/m1/s1. The summed E-state index contributed by atoms with van der Waals surface area (Å²) >= 11 is 0. The van der Waals surface area contributed by atoms with Gasteiger partial charge in [-0.2, -0.15) is 0 Å². The molecule has 0 spiro atoms. The molecule has 0 aliphatic heterocycles. The smallest absolute Gasteiger partial charge is 0.192 e. The van der Waals surface area contributed by atoms with Crippen LogP contribution < -0.4 is 0 Å². The van der Waals surface area contributed by atoms with Crippen LogP contribution in [-0.4, -0.2) is 31.4 Å². The van der Waals surface area contributed by atoms with E-state index < -0.39 is 19.8 Å². The average Bonchev–Trinajstić information content (AvgIpc) is 2.28. The van der Waals surface area contributed by atoms with Crippen molar-refractivity contribution in [2.24, 2.45) is 5.41 Å². The molecule has 118 valence electrons. The van der Waals surface area contributed by atoms with Gasteiger partial charge in [-0.1, -0.05) is 47.5 Å². The van der Waals surface area contributed by atoms with Crippen molar-refractivity contribution in [2.75, 3.05) is 0 Å². The van der Waals surface area contributed by atoms with Crippen molar-refractivity contribution in [2.45, 2.75) is 90.6 Å². The first-order valence-electron chi connectivity index (χ1n) is 7.80. The minimum Gasteiger partial charge on any atom is -0.413 e. The number of carbonyl (C=O) groups is 1. The third-order valence-electron chi connectivity index (χ3n) is 5.18. The molecule has 0 unspecified atom stereocenters. The first kappa shape index (κ1) is 17.9. The van der Waals surface area contributed by atoms with Gasteiger partial charge >= 0.3 is 0 Å². The van der Waals surface area contributed by atoms with E-state index in [4.69, 9.17) is 4.43 Å². The minimum absolute atomic E-state index is 0.0547. The van der Waals surface area contributed by atoms with Crippen molar-refractivity contribution in [1.29, 1.82) is 0 Å². The van der Waals surface area contributed by atoms with Crippen LogP contribution in [0.5, 0.6) is 0 Å². The molecule has 1 aliphatic rings. The van der Waals surface area contributed by atoms with E-state index in [1.807, 2.05) is 13.8 Å². The lowest BCUT2D eigenvalue weighted by molar-refractivity contribution is -0.143. The van der Waals surface area contributed by atoms with Gasteiger partial charge in [0.2, 0.25) is 0 Å². The summed E-state index contributed by atoms with van der Waals surface area (Å²) in [4.78, 5) is 12.5. The molecular weight excluding hydrogens is 268 g/mol. The van der Waals surface area contributed by atoms with Crippen LogP contribution in [0.25, 0.3) is 0 Å². The number of carbonyl (C=O) groups excluding carboxylic acids is 1. The molecule has 1 rings (SSSR count). The maximum atomic E-state index is 12.5. The zero-order valence-electron chi connectivity index (χ0n) is 14.2. The first-order chi connectivity index (χ1) is 8.89. The van der Waals surface area contributed by atoms with Crippen LogP contribution in [0.1, 0.15) is 60.3 Å². The van der Waals surface area contributed by atoms with Crippen molar-refractivity contribution in [3.63, 3.8) is 0 Å². The van der Waals surface area contributed by atoms with Gasteiger partial charge < -0.3 is 9.53 Å². The molecular formula is C16H32O3Si. The number of hydrogen-bond donors (Lipinski definition) is 1. The molecule has 0 aromatic heterocycles. The molecule has 0 aromatic rings. The molecule has 0 amide bonds. The number of aliphatic hydroxyl groups is 1. The van der Waals surface area contributed by atoms with Crippen molar-refractivity contribution in [1.82, 2.24) is 0 Å². The Kier molecular flexibility index (Phi) is 5.26. The molecule has 20 heavy (non-hydrogen) atoms. The second kappa shape index (κ2) is 5.89. The van der Waals surface area contributed by atoms with Gasteiger partial charge in [-0.15, -0.1) is 0 Å². The molecule has 0 bridgehead atoms. The van der Waals surface area contributed by atoms with Gasteiger partial charge in [-0.25, -0.2) is 0 Å². The van der Waals surface area contributed by atoms with Gasteiger partial charge in [0.25, 0.3) is 0 Å². The maximum absolute atomic E-state index is 12.5. The lowest BCUT2D eigenvalue weighted by atomic mass is 9.75. The summed E-state index contributed by atoms with van der Waals surface area (Å²) in [6.07, 6.45) is 2.53. The largest absolute Gasteiger partial charge is 0.413 e. The highest BCUT2D eigenvalue weighted by Gasteiger charge is 2.46. The van der Waals surface area contributed by atoms with E-state index in [2.05, 4.69) is 33.9 Å². The molecule has 1 fully saturated rings. The van der Waals surface area contributed by atoms with E-state index in [-0.39, 0.29) is 16.9 Å². The summed E-state index contributed by atoms with van der Waals surface area (Å²) in [7, 11) is -1.91. The van der Waals surface area contributed by atoms with Crippen LogP contribution in [-0.2, 0) is 9.22 Å². The van der Waals surface area contributed by atoms with Crippen LogP contribution in [0.2, 0.25) is 18.1 Å². The van der Waals surface area contributed by atoms with Crippen LogP contribution in [0.4, 0.5) is 0 Å². The van der Waals surface area contributed by atoms with E-state index in [1.165, 1.54) is 0 Å². The van der Waals surface area contributed by atoms with Crippen LogP contribution in [0.15, 0.2) is 0 Å². The van der Waals surface area contributed by atoms with Crippen molar-refractivity contribution in [3.8, 4) is 0 Å². The molecule has 0 saturated heterocycles. The van der Waals surface area contributed by atoms with Gasteiger partial charge in [0, 0.05) is 0 Å². The summed E-state index contributed by atoms with van der Waals surface area (Å²) in [6.45, 7) is 15.0. The van der Waals surface area contributed by atoms with Crippen molar-refractivity contribution >= 4 is 14.1 Å². The third-order valence-corrected chi connectivity index (χ3v) is 9.67. The van der Waals surface area contributed by atoms with E-state index in [9.17, 15) is 9.90 Å². The van der Waals surface area contributed by atoms with Crippen LogP contribution in [0.3, 0.4) is 0 Å². The molecule has 0 heterocycles.